The third kappa shape index (κ3) is 1.25. The van der Waals surface area contributed by atoms with Gasteiger partial charge in [0, 0.05) is 18.2 Å². The number of ketones is 1. The van der Waals surface area contributed by atoms with Crippen molar-refractivity contribution in [3.8, 4) is 0 Å². The van der Waals surface area contributed by atoms with Crippen molar-refractivity contribution in [3.63, 3.8) is 0 Å². The Bertz CT molecular complexity index is 668. The van der Waals surface area contributed by atoms with Gasteiger partial charge in [-0.15, -0.1) is 0 Å². The second-order valence-corrected chi connectivity index (χ2v) is 5.00. The fourth-order valence-electron chi connectivity index (χ4n) is 3.17. The summed E-state index contributed by atoms with van der Waals surface area (Å²) < 4.78 is 60.1. The number of rotatable bonds is 1. The quantitative estimate of drug-likeness (QED) is 0.343. The van der Waals surface area contributed by atoms with Crippen LogP contribution in [-0.2, 0) is 15.1 Å². The van der Waals surface area contributed by atoms with Gasteiger partial charge < -0.3 is 4.74 Å². The number of fused-ring (bicyclic) bond motifs is 1. The number of Topliss-reactive ketones (excluding diaryl/α,β-unsaturated/α-hetero) is 1. The van der Waals surface area contributed by atoms with Crippen LogP contribution in [0.2, 0.25) is 0 Å². The summed E-state index contributed by atoms with van der Waals surface area (Å²) in [5.41, 5.74) is -2.48. The minimum Gasteiger partial charge on any atom is -0.369 e. The summed E-state index contributed by atoms with van der Waals surface area (Å²) in [6, 6.07) is 0. The summed E-state index contributed by atoms with van der Waals surface area (Å²) in [5.74, 6) is -9.17. The van der Waals surface area contributed by atoms with E-state index in [1.165, 1.54) is 26.2 Å². The standard InChI is InChI=1S/C14H10F4O2/c1-5-13(19)6-3-4-14(5,20-2)8-7(6)9(15)11(17)12(18)10(8)16/h3-6H,1-2H3/t5-,6+,14-/m0/s1. The Labute approximate surface area is 112 Å². The summed E-state index contributed by atoms with van der Waals surface area (Å²) in [4.78, 5) is 12.1. The van der Waals surface area contributed by atoms with E-state index in [-0.39, 0.29) is 0 Å². The van der Waals surface area contributed by atoms with Crippen LogP contribution in [0.4, 0.5) is 17.6 Å². The first-order valence-corrected chi connectivity index (χ1v) is 6.01. The highest BCUT2D eigenvalue weighted by Gasteiger charge is 2.55. The van der Waals surface area contributed by atoms with Crippen molar-refractivity contribution < 1.29 is 27.1 Å². The van der Waals surface area contributed by atoms with Crippen molar-refractivity contribution in [1.29, 1.82) is 0 Å². The number of carbonyl (C=O) groups excluding carboxylic acids is 1. The molecule has 0 amide bonds. The molecule has 106 valence electrons. The van der Waals surface area contributed by atoms with Crippen LogP contribution in [0, 0.1) is 29.2 Å². The molecule has 0 radical (unpaired) electrons. The maximum atomic E-state index is 14.1. The maximum Gasteiger partial charge on any atom is 0.197 e. The van der Waals surface area contributed by atoms with Gasteiger partial charge in [0.05, 0.1) is 11.8 Å². The van der Waals surface area contributed by atoms with Gasteiger partial charge in [0.25, 0.3) is 0 Å². The first-order chi connectivity index (χ1) is 9.36. The molecule has 0 saturated carbocycles. The molecule has 3 aliphatic rings. The molecule has 6 heteroatoms. The molecule has 0 saturated heterocycles. The lowest BCUT2D eigenvalue weighted by Gasteiger charge is -2.46. The Hall–Kier alpha value is -1.69. The fraction of sp³-hybridized carbons (Fsp3) is 0.357. The van der Waals surface area contributed by atoms with Gasteiger partial charge in [0.2, 0.25) is 0 Å². The van der Waals surface area contributed by atoms with Crippen molar-refractivity contribution in [2.45, 2.75) is 18.4 Å². The van der Waals surface area contributed by atoms with Gasteiger partial charge in [-0.3, -0.25) is 4.79 Å². The number of benzene rings is 1. The average Bonchev–Trinajstić information content (AvgIpc) is 2.46. The van der Waals surface area contributed by atoms with E-state index >= 15 is 0 Å². The summed E-state index contributed by atoms with van der Waals surface area (Å²) in [6.07, 6.45) is 2.75. The molecule has 2 bridgehead atoms. The number of halogens is 4. The molecule has 1 aromatic rings. The molecule has 0 spiro atoms. The zero-order valence-electron chi connectivity index (χ0n) is 10.6. The van der Waals surface area contributed by atoms with Crippen LogP contribution < -0.4 is 0 Å². The molecule has 4 rings (SSSR count). The second kappa shape index (κ2) is 3.91. The largest absolute Gasteiger partial charge is 0.369 e. The van der Waals surface area contributed by atoms with Gasteiger partial charge in [-0.2, -0.15) is 0 Å². The molecular formula is C14H10F4O2. The number of methoxy groups -OCH3 is 1. The number of allylic oxidation sites excluding steroid dienone is 1. The number of ether oxygens (including phenoxy) is 1. The zero-order valence-corrected chi connectivity index (χ0v) is 10.6. The Kier molecular flexibility index (Phi) is 2.60. The van der Waals surface area contributed by atoms with Crippen LogP contribution >= 0.6 is 0 Å². The molecule has 3 aliphatic carbocycles. The van der Waals surface area contributed by atoms with E-state index in [9.17, 15) is 22.4 Å². The van der Waals surface area contributed by atoms with Crippen molar-refractivity contribution in [3.05, 3.63) is 46.5 Å². The topological polar surface area (TPSA) is 26.3 Å². The van der Waals surface area contributed by atoms with Crippen molar-refractivity contribution in [1.82, 2.24) is 0 Å². The predicted molar refractivity (Wildman–Crippen MR) is 61.0 cm³/mol. The van der Waals surface area contributed by atoms with Crippen molar-refractivity contribution in [2.24, 2.45) is 5.92 Å². The third-order valence-electron chi connectivity index (χ3n) is 4.26. The van der Waals surface area contributed by atoms with Gasteiger partial charge in [-0.1, -0.05) is 19.1 Å². The van der Waals surface area contributed by atoms with E-state index in [4.69, 9.17) is 4.74 Å². The zero-order chi connectivity index (χ0) is 14.8. The van der Waals surface area contributed by atoms with Gasteiger partial charge in [-0.25, -0.2) is 17.6 Å². The van der Waals surface area contributed by atoms with Gasteiger partial charge in [-0.05, 0) is 0 Å². The molecule has 0 unspecified atom stereocenters. The SMILES string of the molecule is CO[C@@]12C=C[C@@H](C(=O)[C@@H]1C)c1c(F)c(F)c(F)c(F)c12. The molecule has 20 heavy (non-hydrogen) atoms. The summed E-state index contributed by atoms with van der Waals surface area (Å²) in [5, 5.41) is 0. The molecule has 0 N–H and O–H groups in total. The number of hydrogen-bond donors (Lipinski definition) is 0. The van der Waals surface area contributed by atoms with Crippen molar-refractivity contribution in [2.75, 3.05) is 7.11 Å². The van der Waals surface area contributed by atoms with Crippen LogP contribution in [0.15, 0.2) is 12.2 Å². The maximum absolute atomic E-state index is 14.1. The third-order valence-corrected chi connectivity index (χ3v) is 4.26. The fourth-order valence-corrected chi connectivity index (χ4v) is 3.17. The molecular weight excluding hydrogens is 276 g/mol. The van der Waals surface area contributed by atoms with Crippen LogP contribution in [0.3, 0.4) is 0 Å². The van der Waals surface area contributed by atoms with Crippen molar-refractivity contribution >= 4 is 5.78 Å². The lowest BCUT2D eigenvalue weighted by molar-refractivity contribution is -0.135. The number of carbonyl (C=O) groups is 1. The molecule has 1 aromatic carbocycles. The van der Waals surface area contributed by atoms with E-state index in [0.717, 1.165) is 0 Å². The van der Waals surface area contributed by atoms with Gasteiger partial charge in [0.1, 0.15) is 5.60 Å². The Morgan fingerprint density at radius 3 is 2.30 bits per heavy atom. The van der Waals surface area contributed by atoms with E-state index in [0.29, 0.717) is 0 Å². The van der Waals surface area contributed by atoms with Gasteiger partial charge >= 0.3 is 0 Å². The summed E-state index contributed by atoms with van der Waals surface area (Å²) in [6.45, 7) is 1.49. The highest BCUT2D eigenvalue weighted by atomic mass is 19.2. The normalized spacial score (nSPS) is 30.8. The minimum absolute atomic E-state index is 0.411. The lowest BCUT2D eigenvalue weighted by Crippen LogP contribution is -2.49. The highest BCUT2D eigenvalue weighted by Crippen LogP contribution is 2.53. The first kappa shape index (κ1) is 13.3. The molecule has 0 fully saturated rings. The first-order valence-electron chi connectivity index (χ1n) is 6.01. The van der Waals surface area contributed by atoms with Crippen LogP contribution in [0.25, 0.3) is 0 Å². The van der Waals surface area contributed by atoms with Crippen LogP contribution in [0.5, 0.6) is 0 Å². The Morgan fingerprint density at radius 1 is 1.10 bits per heavy atom. The second-order valence-electron chi connectivity index (χ2n) is 5.00. The molecule has 0 heterocycles. The molecule has 2 nitrogen and oxygen atoms in total. The summed E-state index contributed by atoms with van der Waals surface area (Å²) in [7, 11) is 1.21. The smallest absolute Gasteiger partial charge is 0.197 e. The van der Waals surface area contributed by atoms with E-state index in [2.05, 4.69) is 0 Å². The molecule has 0 aliphatic heterocycles. The van der Waals surface area contributed by atoms with Crippen LogP contribution in [0.1, 0.15) is 24.0 Å². The van der Waals surface area contributed by atoms with E-state index in [1.54, 1.807) is 0 Å². The highest BCUT2D eigenvalue weighted by molar-refractivity contribution is 5.95. The predicted octanol–water partition coefficient (Wildman–Crippen LogP) is 2.96. The van der Waals surface area contributed by atoms with E-state index < -0.39 is 57.6 Å². The molecule has 3 atom stereocenters. The molecule has 0 aromatic heterocycles. The Morgan fingerprint density at radius 2 is 1.70 bits per heavy atom. The lowest BCUT2D eigenvalue weighted by atomic mass is 9.62. The van der Waals surface area contributed by atoms with Crippen LogP contribution in [-0.4, -0.2) is 12.9 Å². The van der Waals surface area contributed by atoms with Gasteiger partial charge in [0.15, 0.2) is 29.1 Å². The average molecular weight is 286 g/mol. The van der Waals surface area contributed by atoms with E-state index in [1.807, 2.05) is 0 Å². The Balaban J connectivity index is 2.47. The minimum atomic E-state index is -1.91. The summed E-state index contributed by atoms with van der Waals surface area (Å²) >= 11 is 0. The monoisotopic (exact) mass is 286 g/mol. The number of hydrogen-bond acceptors (Lipinski definition) is 2.